The van der Waals surface area contributed by atoms with Crippen molar-refractivity contribution in [2.75, 3.05) is 31.0 Å². The van der Waals surface area contributed by atoms with E-state index < -0.39 is 15.5 Å². The summed E-state index contributed by atoms with van der Waals surface area (Å²) in [7, 11) is -1.23. The average Bonchev–Trinajstić information content (AvgIpc) is 2.83. The van der Waals surface area contributed by atoms with Crippen LogP contribution in [0.1, 0.15) is 32.0 Å². The van der Waals surface area contributed by atoms with Gasteiger partial charge in [-0.05, 0) is 26.3 Å². The summed E-state index contributed by atoms with van der Waals surface area (Å²) in [6, 6.07) is 10.0. The number of nitrogens with one attached hydrogen (secondary N) is 3. The lowest BCUT2D eigenvalue weighted by Gasteiger charge is -2.45. The summed E-state index contributed by atoms with van der Waals surface area (Å²) in [6.45, 7) is 7.93. The molecule has 34 heavy (non-hydrogen) atoms. The average molecular weight is 486 g/mol. The smallest absolute Gasteiger partial charge is 0.253 e. The molecule has 2 unspecified atom stereocenters. The van der Waals surface area contributed by atoms with Gasteiger partial charge < -0.3 is 25.2 Å². The molecule has 1 aromatic carbocycles. The maximum Gasteiger partial charge on any atom is 0.253 e. The van der Waals surface area contributed by atoms with E-state index in [1.807, 2.05) is 44.2 Å². The molecule has 0 radical (unpaired) electrons. The van der Waals surface area contributed by atoms with E-state index in [1.54, 1.807) is 6.26 Å². The third-order valence-corrected chi connectivity index (χ3v) is 7.67. The molecule has 11 heteroatoms. The Morgan fingerprint density at radius 2 is 2.06 bits per heavy atom. The number of rotatable bonds is 7. The molecular formula is C23H31N7O3S. The van der Waals surface area contributed by atoms with Gasteiger partial charge in [0.25, 0.3) is 5.95 Å². The van der Waals surface area contributed by atoms with E-state index in [-0.39, 0.29) is 23.9 Å². The van der Waals surface area contributed by atoms with Gasteiger partial charge in [0, 0.05) is 23.6 Å². The Balaban J connectivity index is 1.69. The van der Waals surface area contributed by atoms with Gasteiger partial charge in [-0.3, -0.25) is 4.21 Å². The minimum atomic E-state index is -1.23. The van der Waals surface area contributed by atoms with Gasteiger partial charge in [0.15, 0.2) is 17.4 Å². The van der Waals surface area contributed by atoms with Crippen LogP contribution < -0.4 is 20.5 Å². The number of benzene rings is 1. The number of amidine groups is 1. The molecule has 0 aliphatic carbocycles. The van der Waals surface area contributed by atoms with Crippen LogP contribution in [-0.4, -0.2) is 64.4 Å². The van der Waals surface area contributed by atoms with Crippen molar-refractivity contribution in [1.82, 2.24) is 20.8 Å². The van der Waals surface area contributed by atoms with Crippen LogP contribution in [0.4, 0.5) is 11.8 Å². The number of aliphatic imine (C=N–C) groups is 1. The summed E-state index contributed by atoms with van der Waals surface area (Å²) < 4.78 is 23.7. The van der Waals surface area contributed by atoms with Crippen molar-refractivity contribution in [3.8, 4) is 5.75 Å². The van der Waals surface area contributed by atoms with Crippen LogP contribution in [0.3, 0.4) is 0 Å². The predicted molar refractivity (Wildman–Crippen MR) is 133 cm³/mol. The Hall–Kier alpha value is -2.89. The monoisotopic (exact) mass is 485 g/mol. The molecule has 2 aliphatic rings. The molecule has 0 bridgehead atoms. The van der Waals surface area contributed by atoms with Gasteiger partial charge in [-0.25, -0.2) is 10.4 Å². The summed E-state index contributed by atoms with van der Waals surface area (Å²) in [6.07, 6.45) is 2.75. The number of ether oxygens (including phenoxy) is 2. The summed E-state index contributed by atoms with van der Waals surface area (Å²) in [5.74, 6) is 1.58. The largest absolute Gasteiger partial charge is 0.486 e. The molecule has 3 N–H and O–H groups in total. The quantitative estimate of drug-likeness (QED) is 0.309. The number of hydrogen-bond acceptors (Lipinski definition) is 9. The van der Waals surface area contributed by atoms with Gasteiger partial charge in [0.2, 0.25) is 0 Å². The van der Waals surface area contributed by atoms with Crippen molar-refractivity contribution in [2.24, 2.45) is 4.99 Å². The highest BCUT2D eigenvalue weighted by Gasteiger charge is 2.41. The molecule has 0 saturated carbocycles. The lowest BCUT2D eigenvalue weighted by Crippen LogP contribution is -2.56. The lowest BCUT2D eigenvalue weighted by molar-refractivity contribution is 0.0482. The fourth-order valence-corrected chi connectivity index (χ4v) is 4.36. The molecule has 0 spiro atoms. The number of fused-ring (bicyclic) bond motifs is 3. The van der Waals surface area contributed by atoms with E-state index in [0.29, 0.717) is 43.6 Å². The maximum absolute atomic E-state index is 12.6. The third-order valence-electron chi connectivity index (χ3n) is 6.04. The first-order valence-electron chi connectivity index (χ1n) is 11.2. The Morgan fingerprint density at radius 1 is 1.29 bits per heavy atom. The minimum Gasteiger partial charge on any atom is -0.486 e. The zero-order valence-corrected chi connectivity index (χ0v) is 20.7. The summed E-state index contributed by atoms with van der Waals surface area (Å²) in [4.78, 5) is 16.0. The standard InChI is InChI=1S/C23H31N7O3S/c1-15-12-32-13-17-14-33-19-20(23(2,3)34(4)31)27-22(28-21(19)30(15)17)26-18(10-24)29-25-11-16-8-6-5-7-9-16/h5-10,15,17,24-25H,11-14H2,1-4H3,(H,26,27,28,29)/t15-,17?,34?/m1/s1. The predicted octanol–water partition coefficient (Wildman–Crippen LogP) is 2.05. The molecule has 1 saturated heterocycles. The first-order valence-corrected chi connectivity index (χ1v) is 12.7. The number of nitrogens with zero attached hydrogens (tertiary/aromatic N) is 4. The van der Waals surface area contributed by atoms with E-state index >= 15 is 0 Å². The van der Waals surface area contributed by atoms with Crippen molar-refractivity contribution in [3.63, 3.8) is 0 Å². The van der Waals surface area contributed by atoms with Crippen LogP contribution in [0, 0.1) is 5.41 Å². The second-order valence-electron chi connectivity index (χ2n) is 8.85. The number of hydrogen-bond donors (Lipinski definition) is 3. The van der Waals surface area contributed by atoms with Crippen molar-refractivity contribution < 1.29 is 13.7 Å². The second-order valence-corrected chi connectivity index (χ2v) is 10.8. The topological polar surface area (TPSA) is 125 Å². The van der Waals surface area contributed by atoms with E-state index in [0.717, 1.165) is 11.8 Å². The first-order chi connectivity index (χ1) is 16.3. The number of morpholine rings is 1. The van der Waals surface area contributed by atoms with E-state index in [9.17, 15) is 4.21 Å². The summed E-state index contributed by atoms with van der Waals surface area (Å²) >= 11 is 0. The van der Waals surface area contributed by atoms with Crippen LogP contribution in [0.2, 0.25) is 0 Å². The molecule has 2 aliphatic heterocycles. The van der Waals surface area contributed by atoms with Crippen molar-refractivity contribution in [3.05, 3.63) is 41.6 Å². The number of hydrazine groups is 1. The van der Waals surface area contributed by atoms with Crippen molar-refractivity contribution in [1.29, 1.82) is 5.41 Å². The molecule has 10 nitrogen and oxygen atoms in total. The second kappa shape index (κ2) is 10.2. The van der Waals surface area contributed by atoms with Crippen LogP contribution in [0.15, 0.2) is 35.3 Å². The molecule has 182 valence electrons. The molecule has 0 amide bonds. The fourth-order valence-electron chi connectivity index (χ4n) is 3.95. The third kappa shape index (κ3) is 4.96. The van der Waals surface area contributed by atoms with Gasteiger partial charge in [-0.1, -0.05) is 30.3 Å². The highest BCUT2D eigenvalue weighted by atomic mass is 32.2. The molecular weight excluding hydrogens is 454 g/mol. The van der Waals surface area contributed by atoms with E-state index in [4.69, 9.17) is 19.9 Å². The SMILES string of the molecule is C[C@@H]1COCC2COc3c(nc(N=C(C=N)NNCc4ccccc4)nc3C(C)(C)S(C)=O)N21. The fraction of sp³-hybridized carbons (Fsp3) is 0.478. The van der Waals surface area contributed by atoms with E-state index in [2.05, 4.69) is 32.7 Å². The molecule has 1 aromatic heterocycles. The van der Waals surface area contributed by atoms with Gasteiger partial charge >= 0.3 is 0 Å². The van der Waals surface area contributed by atoms with Gasteiger partial charge in [-0.2, -0.15) is 9.98 Å². The van der Waals surface area contributed by atoms with Crippen LogP contribution in [-0.2, 0) is 26.8 Å². The molecule has 3 heterocycles. The lowest BCUT2D eigenvalue weighted by atomic mass is 10.0. The van der Waals surface area contributed by atoms with Gasteiger partial charge in [0.05, 0.1) is 36.3 Å². The van der Waals surface area contributed by atoms with E-state index in [1.165, 1.54) is 0 Å². The van der Waals surface area contributed by atoms with Crippen molar-refractivity contribution >= 4 is 34.6 Å². The van der Waals surface area contributed by atoms with Gasteiger partial charge in [0.1, 0.15) is 12.3 Å². The Bertz CT molecular complexity index is 1090. The molecule has 2 aromatic rings. The normalized spacial score (nSPS) is 21.2. The Morgan fingerprint density at radius 3 is 2.76 bits per heavy atom. The van der Waals surface area contributed by atoms with Gasteiger partial charge in [-0.15, -0.1) is 0 Å². The number of anilines is 1. The Labute approximate surface area is 202 Å². The molecule has 4 rings (SSSR count). The Kier molecular flexibility index (Phi) is 7.24. The zero-order valence-electron chi connectivity index (χ0n) is 19.9. The first kappa shape index (κ1) is 24.2. The molecule has 3 atom stereocenters. The van der Waals surface area contributed by atoms with Crippen LogP contribution in [0.5, 0.6) is 5.75 Å². The minimum absolute atomic E-state index is 0.0268. The van der Waals surface area contributed by atoms with Crippen molar-refractivity contribution in [2.45, 2.75) is 44.1 Å². The van der Waals surface area contributed by atoms with Crippen LogP contribution in [0.25, 0.3) is 0 Å². The summed E-state index contributed by atoms with van der Waals surface area (Å²) in [5.41, 5.74) is 7.63. The zero-order chi connectivity index (χ0) is 24.3. The highest BCUT2D eigenvalue weighted by Crippen LogP contribution is 2.43. The molecule has 1 fully saturated rings. The van der Waals surface area contributed by atoms with Crippen LogP contribution >= 0.6 is 0 Å². The number of aromatic nitrogens is 2. The maximum atomic E-state index is 12.6. The highest BCUT2D eigenvalue weighted by molar-refractivity contribution is 7.85. The summed E-state index contributed by atoms with van der Waals surface area (Å²) in [5, 5.41) is 7.79.